The fourth-order valence-electron chi connectivity index (χ4n) is 1.27. The standard InChI is InChI=1S/C7H9N3O4S.C7H10N2O2S/c1-2-3-15-7-8-5(11)4(10(13)14)6(12)9-7;1-2-3-12-7-8-5(10)4-6(11)9-7/h2-3H2,1H3,(H2,8,9,11,12);4H,2-3H2,1H3,(H2,8,9,10,11)/i2*1D3,2D2,3D2. The first-order valence-electron chi connectivity index (χ1n) is 13.2. The predicted molar refractivity (Wildman–Crippen MR) is 102 cm³/mol. The van der Waals surface area contributed by atoms with E-state index in [0.717, 1.165) is 6.07 Å². The van der Waals surface area contributed by atoms with Crippen LogP contribution in [-0.2, 0) is 0 Å². The summed E-state index contributed by atoms with van der Waals surface area (Å²) in [4.78, 5) is 42.2. The van der Waals surface area contributed by atoms with Crippen LogP contribution in [0.15, 0.2) is 26.0 Å². The Morgan fingerprint density at radius 3 is 2.26 bits per heavy atom. The molecule has 0 atom stereocenters. The summed E-state index contributed by atoms with van der Waals surface area (Å²) < 4.78 is 102. The van der Waals surface area contributed by atoms with E-state index in [1.54, 1.807) is 4.98 Å². The highest BCUT2D eigenvalue weighted by molar-refractivity contribution is 7.99. The molecule has 0 fully saturated rings. The molecular formula is C14H19N5O6S2. The number of nitrogens with one attached hydrogen (secondary N) is 2. The zero-order valence-electron chi connectivity index (χ0n) is 26.8. The lowest BCUT2D eigenvalue weighted by atomic mass is 10.5. The molecule has 27 heavy (non-hydrogen) atoms. The second-order valence-electron chi connectivity index (χ2n) is 3.87. The molecule has 11 nitrogen and oxygen atoms in total. The maximum atomic E-state index is 11.4. The molecule has 13 heteroatoms. The highest BCUT2D eigenvalue weighted by atomic mass is 32.2. The lowest BCUT2D eigenvalue weighted by molar-refractivity contribution is -0.387. The smallest absolute Gasteiger partial charge is 0.395 e. The SMILES string of the molecule is [2H]C([2H])([2H])C([2H])([2H])C([2H])([2H])Sc1nc(O)c([N+](=O)[O-])c(=O)[nH]1.[2H]C([2H])([2H])C([2H])([2H])C([2H])([2H])Sc1nc(O)cc(=O)[nH]1. The van der Waals surface area contributed by atoms with Gasteiger partial charge in [0.2, 0.25) is 5.88 Å². The van der Waals surface area contributed by atoms with E-state index in [1.807, 2.05) is 0 Å². The van der Waals surface area contributed by atoms with Crippen LogP contribution in [0.4, 0.5) is 5.69 Å². The largest absolute Gasteiger partial charge is 0.493 e. The Labute approximate surface area is 181 Å². The quantitative estimate of drug-likeness (QED) is 0.219. The van der Waals surface area contributed by atoms with Gasteiger partial charge >= 0.3 is 11.2 Å². The van der Waals surface area contributed by atoms with Crippen molar-refractivity contribution in [2.45, 2.75) is 36.8 Å². The summed E-state index contributed by atoms with van der Waals surface area (Å²) in [5.74, 6) is -1.96. The van der Waals surface area contributed by atoms with Gasteiger partial charge in [-0.25, -0.2) is 0 Å². The summed E-state index contributed by atoms with van der Waals surface area (Å²) in [5, 5.41) is 27.8. The molecule has 0 aliphatic rings. The summed E-state index contributed by atoms with van der Waals surface area (Å²) in [7, 11) is 0. The third kappa shape index (κ3) is 7.70. The maximum Gasteiger partial charge on any atom is 0.395 e. The molecule has 0 radical (unpaired) electrons. The van der Waals surface area contributed by atoms with Crippen LogP contribution in [-0.4, -0.2) is 46.5 Å². The molecule has 2 aromatic rings. The summed E-state index contributed by atoms with van der Waals surface area (Å²) in [5.41, 5.74) is -9.37. The van der Waals surface area contributed by atoms with Crippen molar-refractivity contribution in [2.75, 3.05) is 11.4 Å². The fourth-order valence-corrected chi connectivity index (χ4v) is 2.13. The molecule has 0 amide bonds. The van der Waals surface area contributed by atoms with Crippen LogP contribution >= 0.6 is 23.5 Å². The topological polar surface area (TPSA) is 175 Å². The van der Waals surface area contributed by atoms with E-state index in [2.05, 4.69) is 15.0 Å². The molecule has 0 aliphatic carbocycles. The number of aromatic amines is 2. The van der Waals surface area contributed by atoms with Crippen molar-refractivity contribution in [3.63, 3.8) is 0 Å². The summed E-state index contributed by atoms with van der Waals surface area (Å²) >= 11 is -0.0428. The molecule has 148 valence electrons. The first-order chi connectivity index (χ1) is 18.1. The van der Waals surface area contributed by atoms with E-state index in [9.17, 15) is 24.8 Å². The molecule has 0 saturated carbocycles. The van der Waals surface area contributed by atoms with E-state index in [4.69, 9.17) is 24.3 Å². The van der Waals surface area contributed by atoms with Gasteiger partial charge in [0.05, 0.1) is 11.0 Å². The highest BCUT2D eigenvalue weighted by Crippen LogP contribution is 2.21. The van der Waals surface area contributed by atoms with E-state index in [-0.39, 0.29) is 23.5 Å². The van der Waals surface area contributed by atoms with Gasteiger partial charge in [-0.15, -0.1) is 0 Å². The van der Waals surface area contributed by atoms with Crippen molar-refractivity contribution in [3.05, 3.63) is 36.9 Å². The van der Waals surface area contributed by atoms with E-state index in [0.29, 0.717) is 0 Å². The summed E-state index contributed by atoms with van der Waals surface area (Å²) in [6.07, 6.45) is -6.49. The Morgan fingerprint density at radius 2 is 1.78 bits per heavy atom. The summed E-state index contributed by atoms with van der Waals surface area (Å²) in [6.45, 7) is -6.51. The second kappa shape index (κ2) is 11.2. The highest BCUT2D eigenvalue weighted by Gasteiger charge is 2.21. The van der Waals surface area contributed by atoms with Gasteiger partial charge in [-0.3, -0.25) is 24.7 Å². The van der Waals surface area contributed by atoms with Crippen molar-refractivity contribution >= 4 is 29.2 Å². The molecule has 4 N–H and O–H groups in total. The fraction of sp³-hybridized carbons (Fsp3) is 0.429. The molecular weight excluding hydrogens is 398 g/mol. The zero-order chi connectivity index (χ0) is 32.6. The lowest BCUT2D eigenvalue weighted by Gasteiger charge is -1.99. The van der Waals surface area contributed by atoms with Gasteiger partial charge in [0.15, 0.2) is 10.3 Å². The van der Waals surface area contributed by atoms with Crippen molar-refractivity contribution in [3.8, 4) is 11.8 Å². The van der Waals surface area contributed by atoms with Crippen LogP contribution in [0.1, 0.15) is 45.6 Å². The van der Waals surface area contributed by atoms with Crippen LogP contribution in [0.5, 0.6) is 11.8 Å². The Balaban J connectivity index is 0.000000414. The first kappa shape index (κ1) is 9.10. The molecule has 0 bridgehead atoms. The Bertz CT molecular complexity index is 1390. The number of hydrogen-bond donors (Lipinski definition) is 4. The van der Waals surface area contributed by atoms with Gasteiger partial charge in [0.25, 0.3) is 11.4 Å². The number of nitrogens with zero attached hydrogens (tertiary/aromatic N) is 3. The zero-order valence-corrected chi connectivity index (χ0v) is 14.4. The van der Waals surface area contributed by atoms with Crippen LogP contribution < -0.4 is 11.1 Å². The van der Waals surface area contributed by atoms with Crippen molar-refractivity contribution in [1.82, 2.24) is 19.9 Å². The van der Waals surface area contributed by atoms with Crippen molar-refractivity contribution < 1.29 is 34.3 Å². The number of aromatic hydroxyl groups is 2. The molecule has 0 unspecified atom stereocenters. The molecule has 2 rings (SSSR count). The van der Waals surface area contributed by atoms with Crippen molar-refractivity contribution in [1.29, 1.82) is 0 Å². The van der Waals surface area contributed by atoms with Gasteiger partial charge in [0.1, 0.15) is 0 Å². The molecule has 2 heterocycles. The average Bonchev–Trinajstić information content (AvgIpc) is 2.70. The molecule has 0 spiro atoms. The summed E-state index contributed by atoms with van der Waals surface area (Å²) in [6, 6.07) is 0.748. The first-order valence-corrected chi connectivity index (χ1v) is 7.87. The Hall–Kier alpha value is -2.54. The van der Waals surface area contributed by atoms with Crippen LogP contribution in [0.25, 0.3) is 0 Å². The van der Waals surface area contributed by atoms with Gasteiger partial charge in [-0.1, -0.05) is 37.2 Å². The van der Waals surface area contributed by atoms with E-state index < -0.39 is 81.7 Å². The maximum absolute atomic E-state index is 11.4. The minimum absolute atomic E-state index is 0.0797. The third-order valence-corrected chi connectivity index (χ3v) is 3.32. The number of aromatic nitrogens is 4. The van der Waals surface area contributed by atoms with Gasteiger partial charge in [-0.05, 0) is 12.7 Å². The number of H-pyrrole nitrogens is 2. The van der Waals surface area contributed by atoms with Gasteiger partial charge in [0, 0.05) is 30.6 Å². The Kier molecular flexibility index (Phi) is 3.79. The number of nitro groups is 1. The predicted octanol–water partition coefficient (Wildman–Crippen LogP) is 1.86. The average molecular weight is 432 g/mol. The second-order valence-corrected chi connectivity index (χ2v) is 5.46. The van der Waals surface area contributed by atoms with Crippen LogP contribution in [0.3, 0.4) is 0 Å². The molecule has 0 aromatic carbocycles. The number of hydrogen-bond acceptors (Lipinski definition) is 10. The molecule has 0 aliphatic heterocycles. The van der Waals surface area contributed by atoms with Crippen LogP contribution in [0.2, 0.25) is 0 Å². The minimum atomic E-state index is -3.32. The van der Waals surface area contributed by atoms with Gasteiger partial charge in [-0.2, -0.15) is 9.97 Å². The van der Waals surface area contributed by atoms with Crippen molar-refractivity contribution in [2.24, 2.45) is 0 Å². The van der Waals surface area contributed by atoms with Crippen LogP contribution in [0, 0.1) is 10.1 Å². The van der Waals surface area contributed by atoms with Gasteiger partial charge < -0.3 is 15.2 Å². The molecule has 2 aromatic heterocycles. The van der Waals surface area contributed by atoms with E-state index in [1.165, 1.54) is 0 Å². The normalized spacial score (nSPS) is 20.9. The van der Waals surface area contributed by atoms with E-state index >= 15 is 0 Å². The molecule has 0 saturated heterocycles. The monoisotopic (exact) mass is 431 g/mol. The number of thioether (sulfide) groups is 2. The lowest BCUT2D eigenvalue weighted by Crippen LogP contribution is -2.13. The Morgan fingerprint density at radius 1 is 1.19 bits per heavy atom. The minimum Gasteiger partial charge on any atom is -0.493 e. The third-order valence-electron chi connectivity index (χ3n) is 2.14. The number of rotatable bonds is 7.